The van der Waals surface area contributed by atoms with Crippen LogP contribution in [0.4, 0.5) is 5.69 Å². The van der Waals surface area contributed by atoms with Crippen LogP contribution in [0.2, 0.25) is 0 Å². The lowest BCUT2D eigenvalue weighted by Crippen LogP contribution is -2.48. The minimum absolute atomic E-state index is 0.190. The van der Waals surface area contributed by atoms with E-state index in [0.717, 1.165) is 37.5 Å². The normalized spacial score (nSPS) is 15.1. The Labute approximate surface area is 142 Å². The van der Waals surface area contributed by atoms with Gasteiger partial charge in [0.2, 0.25) is 0 Å². The maximum Gasteiger partial charge on any atom is 0.264 e. The first-order chi connectivity index (χ1) is 11.1. The van der Waals surface area contributed by atoms with E-state index in [2.05, 4.69) is 49.9 Å². The predicted octanol–water partition coefficient (Wildman–Crippen LogP) is 3.89. The SMILES string of the molecule is CCc1ccc(C(=O)N2CCN(c3cccc(C)c3C)CC2)s1. The number of benzene rings is 1. The number of amides is 1. The number of hydrogen-bond acceptors (Lipinski definition) is 3. The van der Waals surface area contributed by atoms with Crippen molar-refractivity contribution in [3.63, 3.8) is 0 Å². The average molecular weight is 328 g/mol. The summed E-state index contributed by atoms with van der Waals surface area (Å²) in [6.45, 7) is 9.87. The van der Waals surface area contributed by atoms with Crippen molar-refractivity contribution in [3.8, 4) is 0 Å². The van der Waals surface area contributed by atoms with E-state index in [9.17, 15) is 4.79 Å². The molecule has 23 heavy (non-hydrogen) atoms. The van der Waals surface area contributed by atoms with Crippen molar-refractivity contribution in [2.45, 2.75) is 27.2 Å². The largest absolute Gasteiger partial charge is 0.368 e. The van der Waals surface area contributed by atoms with Gasteiger partial charge in [-0.05, 0) is 49.6 Å². The van der Waals surface area contributed by atoms with Gasteiger partial charge >= 0.3 is 0 Å². The van der Waals surface area contributed by atoms with Gasteiger partial charge in [-0.1, -0.05) is 19.1 Å². The summed E-state index contributed by atoms with van der Waals surface area (Å²) in [6.07, 6.45) is 0.998. The summed E-state index contributed by atoms with van der Waals surface area (Å²) in [7, 11) is 0. The van der Waals surface area contributed by atoms with Crippen LogP contribution in [-0.4, -0.2) is 37.0 Å². The molecule has 0 atom stereocenters. The zero-order valence-corrected chi connectivity index (χ0v) is 14.9. The Balaban J connectivity index is 1.66. The minimum atomic E-state index is 0.190. The van der Waals surface area contributed by atoms with E-state index in [-0.39, 0.29) is 5.91 Å². The van der Waals surface area contributed by atoms with Crippen molar-refractivity contribution >= 4 is 22.9 Å². The molecular weight excluding hydrogens is 304 g/mol. The van der Waals surface area contributed by atoms with E-state index in [1.165, 1.54) is 21.7 Å². The van der Waals surface area contributed by atoms with Gasteiger partial charge < -0.3 is 9.80 Å². The van der Waals surface area contributed by atoms with Crippen LogP contribution in [-0.2, 0) is 6.42 Å². The molecule has 0 bridgehead atoms. The Hall–Kier alpha value is -1.81. The lowest BCUT2D eigenvalue weighted by molar-refractivity contribution is 0.0751. The molecule has 1 aromatic carbocycles. The van der Waals surface area contributed by atoms with Gasteiger partial charge in [0, 0.05) is 36.7 Å². The van der Waals surface area contributed by atoms with E-state index in [0.29, 0.717) is 0 Å². The van der Waals surface area contributed by atoms with Gasteiger partial charge in [0.05, 0.1) is 4.88 Å². The Bertz CT molecular complexity index is 699. The van der Waals surface area contributed by atoms with Gasteiger partial charge in [-0.25, -0.2) is 0 Å². The van der Waals surface area contributed by atoms with Gasteiger partial charge in [-0.2, -0.15) is 0 Å². The van der Waals surface area contributed by atoms with Crippen LogP contribution >= 0.6 is 11.3 Å². The zero-order chi connectivity index (χ0) is 16.4. The smallest absolute Gasteiger partial charge is 0.264 e. The average Bonchev–Trinajstić information content (AvgIpc) is 3.06. The molecule has 1 amide bonds. The van der Waals surface area contributed by atoms with Gasteiger partial charge in [0.1, 0.15) is 0 Å². The van der Waals surface area contributed by atoms with E-state index in [4.69, 9.17) is 0 Å². The summed E-state index contributed by atoms with van der Waals surface area (Å²) in [5.74, 6) is 0.190. The van der Waals surface area contributed by atoms with Gasteiger partial charge in [-0.3, -0.25) is 4.79 Å². The number of carbonyl (C=O) groups excluding carboxylic acids is 1. The molecule has 1 saturated heterocycles. The monoisotopic (exact) mass is 328 g/mol. The van der Waals surface area contributed by atoms with Crippen LogP contribution in [0.15, 0.2) is 30.3 Å². The summed E-state index contributed by atoms with van der Waals surface area (Å²) < 4.78 is 0. The van der Waals surface area contributed by atoms with Crippen LogP contribution < -0.4 is 4.90 Å². The minimum Gasteiger partial charge on any atom is -0.368 e. The van der Waals surface area contributed by atoms with E-state index in [1.807, 2.05) is 11.0 Å². The van der Waals surface area contributed by atoms with Crippen molar-refractivity contribution in [1.29, 1.82) is 0 Å². The molecule has 0 aliphatic carbocycles. The molecule has 2 aromatic rings. The number of rotatable bonds is 3. The van der Waals surface area contributed by atoms with Crippen LogP contribution in [0.5, 0.6) is 0 Å². The van der Waals surface area contributed by atoms with E-state index < -0.39 is 0 Å². The topological polar surface area (TPSA) is 23.6 Å². The number of anilines is 1. The second-order valence-electron chi connectivity index (χ2n) is 6.12. The quantitative estimate of drug-likeness (QED) is 0.853. The third kappa shape index (κ3) is 3.27. The number of thiophene rings is 1. The Morgan fingerprint density at radius 1 is 1.09 bits per heavy atom. The molecule has 1 fully saturated rings. The highest BCUT2D eigenvalue weighted by Gasteiger charge is 2.24. The molecule has 0 saturated carbocycles. The maximum atomic E-state index is 12.6. The Kier molecular flexibility index (Phi) is 4.71. The van der Waals surface area contributed by atoms with Gasteiger partial charge in [0.25, 0.3) is 5.91 Å². The first-order valence-electron chi connectivity index (χ1n) is 8.29. The summed E-state index contributed by atoms with van der Waals surface area (Å²) in [5.41, 5.74) is 3.98. The molecule has 2 heterocycles. The summed E-state index contributed by atoms with van der Waals surface area (Å²) >= 11 is 1.63. The third-order valence-electron chi connectivity index (χ3n) is 4.70. The van der Waals surface area contributed by atoms with Crippen molar-refractivity contribution < 1.29 is 4.79 Å². The molecular formula is C19H24N2OS. The number of carbonyl (C=O) groups is 1. The van der Waals surface area contributed by atoms with Crippen molar-refractivity contribution in [1.82, 2.24) is 4.90 Å². The van der Waals surface area contributed by atoms with Crippen LogP contribution in [0.1, 0.15) is 32.6 Å². The number of nitrogens with zero attached hydrogens (tertiary/aromatic N) is 2. The predicted molar refractivity (Wildman–Crippen MR) is 97.7 cm³/mol. The van der Waals surface area contributed by atoms with Gasteiger partial charge in [0.15, 0.2) is 0 Å². The molecule has 0 N–H and O–H groups in total. The highest BCUT2D eigenvalue weighted by atomic mass is 32.1. The summed E-state index contributed by atoms with van der Waals surface area (Å²) in [4.78, 5) is 19.2. The zero-order valence-electron chi connectivity index (χ0n) is 14.1. The second-order valence-corrected chi connectivity index (χ2v) is 7.29. The maximum absolute atomic E-state index is 12.6. The molecule has 3 nitrogen and oxygen atoms in total. The molecule has 122 valence electrons. The molecule has 0 spiro atoms. The van der Waals surface area contributed by atoms with Crippen LogP contribution in [0.25, 0.3) is 0 Å². The number of hydrogen-bond donors (Lipinski definition) is 0. The van der Waals surface area contributed by atoms with Crippen molar-refractivity contribution in [2.24, 2.45) is 0 Å². The molecule has 3 rings (SSSR count). The first-order valence-corrected chi connectivity index (χ1v) is 9.11. The Morgan fingerprint density at radius 3 is 2.48 bits per heavy atom. The first kappa shape index (κ1) is 16.1. The molecule has 1 aliphatic rings. The fourth-order valence-corrected chi connectivity index (χ4v) is 3.98. The molecule has 0 radical (unpaired) electrons. The third-order valence-corrected chi connectivity index (χ3v) is 5.92. The van der Waals surface area contributed by atoms with Crippen molar-refractivity contribution in [3.05, 3.63) is 51.2 Å². The lowest BCUT2D eigenvalue weighted by atomic mass is 10.1. The molecule has 1 aliphatic heterocycles. The van der Waals surface area contributed by atoms with Gasteiger partial charge in [-0.15, -0.1) is 11.3 Å². The highest BCUT2D eigenvalue weighted by molar-refractivity contribution is 7.14. The Morgan fingerprint density at radius 2 is 1.83 bits per heavy atom. The number of piperazine rings is 1. The van der Waals surface area contributed by atoms with E-state index in [1.54, 1.807) is 11.3 Å². The lowest BCUT2D eigenvalue weighted by Gasteiger charge is -2.36. The fraction of sp³-hybridized carbons (Fsp3) is 0.421. The molecule has 0 unspecified atom stereocenters. The highest BCUT2D eigenvalue weighted by Crippen LogP contribution is 2.25. The molecule has 4 heteroatoms. The fourth-order valence-electron chi connectivity index (χ4n) is 3.07. The van der Waals surface area contributed by atoms with Crippen molar-refractivity contribution in [2.75, 3.05) is 31.1 Å². The number of aryl methyl sites for hydroxylation is 2. The molecule has 1 aromatic heterocycles. The van der Waals surface area contributed by atoms with E-state index >= 15 is 0 Å². The standard InChI is InChI=1S/C19H24N2OS/c1-4-16-8-9-18(23-16)19(22)21-12-10-20(11-13-21)17-7-5-6-14(2)15(17)3/h5-9H,4,10-13H2,1-3H3. The summed E-state index contributed by atoms with van der Waals surface area (Å²) in [6, 6.07) is 10.5. The van der Waals surface area contributed by atoms with Crippen LogP contribution in [0, 0.1) is 13.8 Å². The summed E-state index contributed by atoms with van der Waals surface area (Å²) in [5, 5.41) is 0. The second kappa shape index (κ2) is 6.75. The van der Waals surface area contributed by atoms with Crippen LogP contribution in [0.3, 0.4) is 0 Å².